The lowest BCUT2D eigenvalue weighted by molar-refractivity contribution is -0.130. The highest BCUT2D eigenvalue weighted by Gasteiger charge is 2.41. The van der Waals surface area contributed by atoms with Crippen LogP contribution >= 0.6 is 0 Å². The molecule has 0 aliphatic carbocycles. The van der Waals surface area contributed by atoms with Gasteiger partial charge in [0.15, 0.2) is 5.75 Å². The number of anilines is 3. The molecule has 1 amide bonds. The van der Waals surface area contributed by atoms with Crippen molar-refractivity contribution in [2.24, 2.45) is 0 Å². The van der Waals surface area contributed by atoms with Crippen LogP contribution in [0.5, 0.6) is 5.75 Å². The molecule has 1 N–H and O–H groups in total. The van der Waals surface area contributed by atoms with Gasteiger partial charge in [-0.15, -0.1) is 0 Å². The lowest BCUT2D eigenvalue weighted by Gasteiger charge is -2.48. The number of piperidine rings is 1. The Balaban J connectivity index is 1.16. The number of carbonyl (C=O) groups is 1. The maximum atomic E-state index is 14.9. The second-order valence-electron chi connectivity index (χ2n) is 10.2. The summed E-state index contributed by atoms with van der Waals surface area (Å²) in [6.45, 7) is 11.2. The van der Waals surface area contributed by atoms with Gasteiger partial charge in [-0.3, -0.25) is 14.7 Å². The molecular weight excluding hydrogens is 475 g/mol. The molecule has 3 saturated heterocycles. The van der Waals surface area contributed by atoms with Crippen molar-refractivity contribution < 1.29 is 18.7 Å². The van der Waals surface area contributed by atoms with Crippen molar-refractivity contribution in [3.8, 4) is 5.75 Å². The minimum Gasteiger partial charge on any atom is -0.485 e. The van der Waals surface area contributed by atoms with Crippen molar-refractivity contribution in [3.05, 3.63) is 47.9 Å². The van der Waals surface area contributed by atoms with Gasteiger partial charge in [-0.2, -0.15) is 0 Å². The first-order chi connectivity index (χ1) is 18.0. The third-order valence-corrected chi connectivity index (χ3v) is 7.95. The molecule has 6 heterocycles. The van der Waals surface area contributed by atoms with Crippen LogP contribution in [0, 0.1) is 6.92 Å². The van der Waals surface area contributed by atoms with Crippen molar-refractivity contribution in [1.29, 1.82) is 0 Å². The monoisotopic (exact) mass is 508 g/mol. The van der Waals surface area contributed by atoms with Crippen molar-refractivity contribution >= 4 is 23.1 Å². The zero-order valence-corrected chi connectivity index (χ0v) is 21.2. The smallest absolute Gasteiger partial charge is 0.246 e. The fourth-order valence-corrected chi connectivity index (χ4v) is 5.88. The lowest BCUT2D eigenvalue weighted by Crippen LogP contribution is -2.59. The summed E-state index contributed by atoms with van der Waals surface area (Å²) < 4.78 is 26.7. The number of hydrogen-bond acceptors (Lipinski definition) is 8. The average molecular weight is 509 g/mol. The van der Waals surface area contributed by atoms with Crippen molar-refractivity contribution in [2.75, 3.05) is 62.7 Å². The van der Waals surface area contributed by atoms with Gasteiger partial charge in [0, 0.05) is 62.3 Å². The number of halogens is 1. The number of alkyl halides is 1. The van der Waals surface area contributed by atoms with Crippen LogP contribution in [0.15, 0.2) is 31.0 Å². The molecule has 9 nitrogen and oxygen atoms in total. The molecule has 0 radical (unpaired) electrons. The van der Waals surface area contributed by atoms with E-state index in [2.05, 4.69) is 32.7 Å². The van der Waals surface area contributed by atoms with Crippen LogP contribution in [-0.4, -0.2) is 90.4 Å². The highest BCUT2D eigenvalue weighted by Crippen LogP contribution is 2.41. The van der Waals surface area contributed by atoms with E-state index in [1.807, 2.05) is 19.2 Å². The lowest BCUT2D eigenvalue weighted by atomic mass is 9.89. The molecule has 4 aliphatic rings. The Bertz CT molecular complexity index is 1200. The van der Waals surface area contributed by atoms with Crippen LogP contribution in [0.2, 0.25) is 0 Å². The number of fused-ring (bicyclic) bond motifs is 2. The van der Waals surface area contributed by atoms with E-state index in [0.717, 1.165) is 66.1 Å². The molecular formula is C27H33FN6O3. The van der Waals surface area contributed by atoms with Crippen molar-refractivity contribution in [1.82, 2.24) is 19.8 Å². The van der Waals surface area contributed by atoms with Gasteiger partial charge in [-0.1, -0.05) is 6.58 Å². The standard InChI is InChI=1S/C27H33FN6O3/c1-3-25(35)33-7-5-24(20(28)15-33)34-13-18(14-34)21-12-22-26(17(2)30-21)37-16-19-23(4-6-29-27(19)31-22)32-8-10-36-11-9-32/h3-4,6,12,18,20,24H,1,5,7-11,13-16H2,2H3,(H,29,31)/t20-,24+/m1/s1. The Hall–Kier alpha value is -3.24. The number of nitrogens with one attached hydrogen (secondary N) is 1. The number of likely N-dealkylation sites (tertiary alicyclic amines) is 2. The zero-order chi connectivity index (χ0) is 25.5. The summed E-state index contributed by atoms with van der Waals surface area (Å²) in [5, 5.41) is 3.52. The summed E-state index contributed by atoms with van der Waals surface area (Å²) in [6.07, 6.45) is 2.67. The van der Waals surface area contributed by atoms with E-state index < -0.39 is 6.17 Å². The quantitative estimate of drug-likeness (QED) is 0.632. The van der Waals surface area contributed by atoms with E-state index in [1.165, 1.54) is 6.08 Å². The van der Waals surface area contributed by atoms with E-state index in [4.69, 9.17) is 14.5 Å². The summed E-state index contributed by atoms with van der Waals surface area (Å²) in [5.74, 6) is 1.57. The number of hydrogen-bond donors (Lipinski definition) is 1. The summed E-state index contributed by atoms with van der Waals surface area (Å²) >= 11 is 0. The molecule has 37 heavy (non-hydrogen) atoms. The first kappa shape index (κ1) is 24.1. The van der Waals surface area contributed by atoms with Crippen LogP contribution in [0.3, 0.4) is 0 Å². The molecule has 2 aromatic rings. The molecule has 3 fully saturated rings. The highest BCUT2D eigenvalue weighted by molar-refractivity contribution is 5.87. The Morgan fingerprint density at radius 3 is 2.81 bits per heavy atom. The molecule has 2 atom stereocenters. The molecule has 0 saturated carbocycles. The Labute approximate surface area is 216 Å². The van der Waals surface area contributed by atoms with E-state index in [1.54, 1.807) is 4.90 Å². The fourth-order valence-electron chi connectivity index (χ4n) is 5.88. The molecule has 0 bridgehead atoms. The number of pyridine rings is 2. The first-order valence-corrected chi connectivity index (χ1v) is 13.0. The zero-order valence-electron chi connectivity index (χ0n) is 21.2. The fraction of sp³-hybridized carbons (Fsp3) is 0.519. The maximum absolute atomic E-state index is 14.9. The number of carbonyl (C=O) groups excluding carboxylic acids is 1. The SMILES string of the molecule is C=CC(=O)N1CC[C@H](N2CC(c3cc4c(c(C)n3)OCc3c(N5CCOCC5)ccnc3N4)C2)[C@H](F)C1. The molecule has 4 aliphatic heterocycles. The summed E-state index contributed by atoms with van der Waals surface area (Å²) in [5.41, 5.74) is 4.83. The number of amides is 1. The van der Waals surface area contributed by atoms with Gasteiger partial charge in [0.05, 0.1) is 36.7 Å². The van der Waals surface area contributed by atoms with Gasteiger partial charge in [0.25, 0.3) is 0 Å². The second-order valence-corrected chi connectivity index (χ2v) is 10.2. The van der Waals surface area contributed by atoms with Crippen LogP contribution in [0.1, 0.15) is 29.3 Å². The molecule has 0 unspecified atom stereocenters. The molecule has 0 spiro atoms. The number of aryl methyl sites for hydroxylation is 1. The van der Waals surface area contributed by atoms with E-state index in [9.17, 15) is 9.18 Å². The summed E-state index contributed by atoms with van der Waals surface area (Å²) in [7, 11) is 0. The third kappa shape index (κ3) is 4.53. The molecule has 10 heteroatoms. The molecule has 2 aromatic heterocycles. The normalized spacial score (nSPS) is 24.2. The van der Waals surface area contributed by atoms with Crippen LogP contribution in [-0.2, 0) is 16.1 Å². The average Bonchev–Trinajstić information content (AvgIpc) is 3.08. The highest BCUT2D eigenvalue weighted by atomic mass is 19.1. The molecule has 196 valence electrons. The van der Waals surface area contributed by atoms with E-state index >= 15 is 0 Å². The van der Waals surface area contributed by atoms with Crippen LogP contribution in [0.4, 0.5) is 21.6 Å². The van der Waals surface area contributed by atoms with E-state index in [-0.39, 0.29) is 24.4 Å². The first-order valence-electron chi connectivity index (χ1n) is 13.0. The summed E-state index contributed by atoms with van der Waals surface area (Å²) in [4.78, 5) is 27.4. The molecule has 6 rings (SSSR count). The predicted octanol–water partition coefficient (Wildman–Crippen LogP) is 2.78. The second kappa shape index (κ2) is 9.90. The van der Waals surface area contributed by atoms with Crippen LogP contribution < -0.4 is 15.0 Å². The van der Waals surface area contributed by atoms with Gasteiger partial charge < -0.3 is 24.6 Å². The minimum absolute atomic E-state index is 0.132. The van der Waals surface area contributed by atoms with Crippen LogP contribution in [0.25, 0.3) is 0 Å². The third-order valence-electron chi connectivity index (χ3n) is 7.95. The van der Waals surface area contributed by atoms with E-state index in [0.29, 0.717) is 32.8 Å². The van der Waals surface area contributed by atoms with Gasteiger partial charge >= 0.3 is 0 Å². The predicted molar refractivity (Wildman–Crippen MR) is 138 cm³/mol. The maximum Gasteiger partial charge on any atom is 0.246 e. The number of aromatic nitrogens is 2. The van der Waals surface area contributed by atoms with Gasteiger partial charge in [-0.25, -0.2) is 9.37 Å². The van der Waals surface area contributed by atoms with Gasteiger partial charge in [0.1, 0.15) is 18.6 Å². The largest absolute Gasteiger partial charge is 0.485 e. The van der Waals surface area contributed by atoms with Gasteiger partial charge in [0.2, 0.25) is 5.91 Å². The Morgan fingerprint density at radius 1 is 1.24 bits per heavy atom. The summed E-state index contributed by atoms with van der Waals surface area (Å²) in [6, 6.07) is 3.93. The topological polar surface area (TPSA) is 83.1 Å². The number of ether oxygens (including phenoxy) is 2. The number of nitrogens with zero attached hydrogens (tertiary/aromatic N) is 5. The van der Waals surface area contributed by atoms with Crippen molar-refractivity contribution in [2.45, 2.75) is 38.1 Å². The Kier molecular flexibility index (Phi) is 6.46. The molecule has 0 aromatic carbocycles. The number of rotatable bonds is 4. The number of morpholine rings is 1. The van der Waals surface area contributed by atoms with Crippen molar-refractivity contribution in [3.63, 3.8) is 0 Å². The minimum atomic E-state index is -1.06. The Morgan fingerprint density at radius 2 is 2.05 bits per heavy atom. The van der Waals surface area contributed by atoms with Gasteiger partial charge in [-0.05, 0) is 31.6 Å².